The summed E-state index contributed by atoms with van der Waals surface area (Å²) in [4.78, 5) is 0. The molecular formula is C7H13BrN2. The summed E-state index contributed by atoms with van der Waals surface area (Å²) >= 11 is 0. The minimum absolute atomic E-state index is 0. The van der Waals surface area contributed by atoms with Crippen molar-refractivity contribution < 1.29 is 0 Å². The molecule has 0 aliphatic heterocycles. The van der Waals surface area contributed by atoms with E-state index in [1.54, 1.807) is 0 Å². The first-order valence-electron chi connectivity index (χ1n) is 3.48. The Hall–Kier alpha value is -0.0700. The highest BCUT2D eigenvalue weighted by atomic mass is 79.9. The SMILES string of the molecule is Br.N#C[C@@H]1CCC[C@H](N)C1. The van der Waals surface area contributed by atoms with Crippen LogP contribution < -0.4 is 5.73 Å². The van der Waals surface area contributed by atoms with Gasteiger partial charge in [-0.05, 0) is 19.3 Å². The average molecular weight is 205 g/mol. The highest BCUT2D eigenvalue weighted by Crippen LogP contribution is 2.21. The molecule has 1 aliphatic carbocycles. The van der Waals surface area contributed by atoms with Crippen LogP contribution in [0.2, 0.25) is 0 Å². The van der Waals surface area contributed by atoms with Crippen molar-refractivity contribution in [2.45, 2.75) is 31.7 Å². The average Bonchev–Trinajstić information content (AvgIpc) is 1.88. The van der Waals surface area contributed by atoms with Gasteiger partial charge in [-0.15, -0.1) is 17.0 Å². The molecule has 10 heavy (non-hydrogen) atoms. The molecule has 1 rings (SSSR count). The molecule has 2 nitrogen and oxygen atoms in total. The fourth-order valence-corrected chi connectivity index (χ4v) is 1.34. The van der Waals surface area contributed by atoms with Crippen molar-refractivity contribution >= 4 is 17.0 Å². The second kappa shape index (κ2) is 4.70. The molecule has 0 aromatic carbocycles. The van der Waals surface area contributed by atoms with E-state index in [0.29, 0.717) is 6.04 Å². The van der Waals surface area contributed by atoms with Crippen LogP contribution in [0.25, 0.3) is 0 Å². The van der Waals surface area contributed by atoms with E-state index in [1.807, 2.05) is 0 Å². The van der Waals surface area contributed by atoms with Gasteiger partial charge in [0.25, 0.3) is 0 Å². The fraction of sp³-hybridized carbons (Fsp3) is 0.857. The van der Waals surface area contributed by atoms with Crippen molar-refractivity contribution in [1.29, 1.82) is 5.26 Å². The molecule has 0 saturated heterocycles. The highest BCUT2D eigenvalue weighted by Gasteiger charge is 2.17. The first-order chi connectivity index (χ1) is 4.33. The van der Waals surface area contributed by atoms with E-state index in [4.69, 9.17) is 11.0 Å². The molecule has 0 amide bonds. The molecule has 1 aliphatic rings. The second-order valence-corrected chi connectivity index (χ2v) is 2.75. The van der Waals surface area contributed by atoms with E-state index in [2.05, 4.69) is 6.07 Å². The molecule has 2 atom stereocenters. The third-order valence-electron chi connectivity index (χ3n) is 1.90. The molecule has 3 heteroatoms. The van der Waals surface area contributed by atoms with Crippen molar-refractivity contribution in [2.75, 3.05) is 0 Å². The van der Waals surface area contributed by atoms with E-state index in [0.717, 1.165) is 25.7 Å². The number of nitriles is 1. The number of nitrogens with zero attached hydrogens (tertiary/aromatic N) is 1. The Morgan fingerprint density at radius 1 is 1.40 bits per heavy atom. The van der Waals surface area contributed by atoms with Crippen molar-refractivity contribution in [3.8, 4) is 6.07 Å². The number of hydrogen-bond acceptors (Lipinski definition) is 2. The van der Waals surface area contributed by atoms with Gasteiger partial charge in [0.15, 0.2) is 0 Å². The van der Waals surface area contributed by atoms with Gasteiger partial charge in [-0.3, -0.25) is 0 Å². The molecule has 0 radical (unpaired) electrons. The van der Waals surface area contributed by atoms with Crippen LogP contribution in [0.1, 0.15) is 25.7 Å². The zero-order valence-electron chi connectivity index (χ0n) is 5.92. The molecule has 0 spiro atoms. The lowest BCUT2D eigenvalue weighted by Gasteiger charge is -2.20. The van der Waals surface area contributed by atoms with Crippen LogP contribution >= 0.6 is 17.0 Å². The zero-order chi connectivity index (χ0) is 6.69. The van der Waals surface area contributed by atoms with Gasteiger partial charge in [-0.25, -0.2) is 0 Å². The fourth-order valence-electron chi connectivity index (χ4n) is 1.34. The maximum Gasteiger partial charge on any atom is 0.0656 e. The topological polar surface area (TPSA) is 49.8 Å². The van der Waals surface area contributed by atoms with E-state index < -0.39 is 0 Å². The molecule has 0 unspecified atom stereocenters. The minimum Gasteiger partial charge on any atom is -0.328 e. The summed E-state index contributed by atoms with van der Waals surface area (Å²) in [5, 5.41) is 8.50. The first-order valence-corrected chi connectivity index (χ1v) is 3.48. The number of nitrogens with two attached hydrogens (primary N) is 1. The largest absolute Gasteiger partial charge is 0.328 e. The Bertz CT molecular complexity index is 130. The van der Waals surface area contributed by atoms with E-state index in [1.165, 1.54) is 0 Å². The molecule has 58 valence electrons. The van der Waals surface area contributed by atoms with Crippen molar-refractivity contribution in [3.05, 3.63) is 0 Å². The van der Waals surface area contributed by atoms with Crippen LogP contribution in [0, 0.1) is 17.2 Å². The number of hydrogen-bond donors (Lipinski definition) is 1. The Morgan fingerprint density at radius 2 is 2.10 bits per heavy atom. The van der Waals surface area contributed by atoms with Crippen LogP contribution in [0.5, 0.6) is 0 Å². The van der Waals surface area contributed by atoms with Crippen LogP contribution in [-0.4, -0.2) is 6.04 Å². The lowest BCUT2D eigenvalue weighted by atomic mass is 9.87. The van der Waals surface area contributed by atoms with Crippen LogP contribution in [-0.2, 0) is 0 Å². The van der Waals surface area contributed by atoms with Crippen LogP contribution in [0.3, 0.4) is 0 Å². The molecular weight excluding hydrogens is 192 g/mol. The number of rotatable bonds is 0. The van der Waals surface area contributed by atoms with Gasteiger partial charge in [-0.1, -0.05) is 6.42 Å². The normalized spacial score (nSPS) is 32.0. The van der Waals surface area contributed by atoms with Gasteiger partial charge in [-0.2, -0.15) is 5.26 Å². The predicted molar refractivity (Wildman–Crippen MR) is 45.9 cm³/mol. The summed E-state index contributed by atoms with van der Waals surface area (Å²) in [7, 11) is 0. The lowest BCUT2D eigenvalue weighted by molar-refractivity contribution is 0.379. The number of halogens is 1. The monoisotopic (exact) mass is 204 g/mol. The molecule has 0 heterocycles. The van der Waals surface area contributed by atoms with Gasteiger partial charge >= 0.3 is 0 Å². The Kier molecular flexibility index (Phi) is 4.67. The van der Waals surface area contributed by atoms with E-state index in [-0.39, 0.29) is 22.9 Å². The summed E-state index contributed by atoms with van der Waals surface area (Å²) in [6.07, 6.45) is 4.22. The van der Waals surface area contributed by atoms with Gasteiger partial charge in [0.05, 0.1) is 6.07 Å². The first kappa shape index (κ1) is 9.93. The maximum atomic E-state index is 8.50. The summed E-state index contributed by atoms with van der Waals surface area (Å²) in [5.74, 6) is 0.244. The Labute approximate surface area is 72.2 Å². The maximum absolute atomic E-state index is 8.50. The van der Waals surface area contributed by atoms with Gasteiger partial charge in [0.2, 0.25) is 0 Å². The molecule has 0 bridgehead atoms. The lowest BCUT2D eigenvalue weighted by Crippen LogP contribution is -2.26. The highest BCUT2D eigenvalue weighted by molar-refractivity contribution is 8.93. The third kappa shape index (κ3) is 2.68. The standard InChI is InChI=1S/C7H12N2.BrH/c8-5-6-2-1-3-7(9)4-6;/h6-7H,1-4,9H2;1H/t6-,7+;/m1./s1. The van der Waals surface area contributed by atoms with Crippen LogP contribution in [0.15, 0.2) is 0 Å². The third-order valence-corrected chi connectivity index (χ3v) is 1.90. The smallest absolute Gasteiger partial charge is 0.0656 e. The quantitative estimate of drug-likeness (QED) is 0.653. The van der Waals surface area contributed by atoms with Crippen molar-refractivity contribution in [1.82, 2.24) is 0 Å². The summed E-state index contributed by atoms with van der Waals surface area (Å²) in [6, 6.07) is 2.55. The Morgan fingerprint density at radius 3 is 2.50 bits per heavy atom. The predicted octanol–water partition coefficient (Wildman–Crippen LogP) is 1.61. The zero-order valence-corrected chi connectivity index (χ0v) is 7.63. The summed E-state index contributed by atoms with van der Waals surface area (Å²) < 4.78 is 0. The molecule has 2 N–H and O–H groups in total. The molecule has 0 aromatic heterocycles. The minimum atomic E-state index is 0. The summed E-state index contributed by atoms with van der Waals surface area (Å²) in [5.41, 5.74) is 5.65. The van der Waals surface area contributed by atoms with Crippen LogP contribution in [0.4, 0.5) is 0 Å². The second-order valence-electron chi connectivity index (χ2n) is 2.75. The Balaban J connectivity index is 0.000000810. The van der Waals surface area contributed by atoms with Gasteiger partial charge in [0, 0.05) is 12.0 Å². The van der Waals surface area contributed by atoms with Crippen molar-refractivity contribution in [2.24, 2.45) is 11.7 Å². The van der Waals surface area contributed by atoms with Gasteiger partial charge in [0.1, 0.15) is 0 Å². The molecule has 1 saturated carbocycles. The van der Waals surface area contributed by atoms with Crippen molar-refractivity contribution in [3.63, 3.8) is 0 Å². The molecule has 0 aromatic rings. The molecule has 1 fully saturated rings. The summed E-state index contributed by atoms with van der Waals surface area (Å²) in [6.45, 7) is 0. The van der Waals surface area contributed by atoms with Gasteiger partial charge < -0.3 is 5.73 Å². The van der Waals surface area contributed by atoms with E-state index >= 15 is 0 Å². The van der Waals surface area contributed by atoms with E-state index in [9.17, 15) is 0 Å².